The number of hydrogen-bond donors (Lipinski definition) is 4. The summed E-state index contributed by atoms with van der Waals surface area (Å²) in [7, 11) is 0. The number of phenols is 1. The number of aromatic hydroxyl groups is 1. The summed E-state index contributed by atoms with van der Waals surface area (Å²) in [6, 6.07) is 3.93. The number of aromatic carboxylic acids is 1. The van der Waals surface area contributed by atoms with Gasteiger partial charge in [-0.15, -0.1) is 0 Å². The number of hydrogen-bond acceptors (Lipinski definition) is 4. The van der Waals surface area contributed by atoms with Gasteiger partial charge in [-0.3, -0.25) is 4.79 Å². The molecule has 6 heteroatoms. The fourth-order valence-electron chi connectivity index (χ4n) is 1.69. The molecule has 19 heavy (non-hydrogen) atoms. The average molecular weight is 262 g/mol. The topological polar surface area (TPSA) is 98.7 Å². The Balaban J connectivity index is 2.17. The van der Waals surface area contributed by atoms with E-state index in [0.717, 1.165) is 5.57 Å². The maximum Gasteiger partial charge on any atom is 0.339 e. The summed E-state index contributed by atoms with van der Waals surface area (Å²) >= 11 is 0. The van der Waals surface area contributed by atoms with Crippen LogP contribution in [-0.2, 0) is 4.79 Å². The van der Waals surface area contributed by atoms with Gasteiger partial charge in [-0.25, -0.2) is 4.79 Å². The summed E-state index contributed by atoms with van der Waals surface area (Å²) in [5.74, 6) is -1.84. The van der Waals surface area contributed by atoms with E-state index >= 15 is 0 Å². The molecule has 1 aliphatic rings. The van der Waals surface area contributed by atoms with E-state index in [-0.39, 0.29) is 17.2 Å². The zero-order chi connectivity index (χ0) is 14.0. The van der Waals surface area contributed by atoms with E-state index in [1.165, 1.54) is 18.2 Å². The normalized spacial score (nSPS) is 13.6. The first-order chi connectivity index (χ1) is 8.99. The lowest BCUT2D eigenvalue weighted by atomic mass is 10.0. The van der Waals surface area contributed by atoms with Crippen molar-refractivity contribution < 1.29 is 19.8 Å². The molecule has 0 aromatic heterocycles. The number of carboxylic acids is 1. The highest BCUT2D eigenvalue weighted by molar-refractivity contribution is 6.04. The minimum Gasteiger partial charge on any atom is -0.507 e. The van der Waals surface area contributed by atoms with Gasteiger partial charge in [-0.05, 0) is 30.7 Å². The second-order valence-electron chi connectivity index (χ2n) is 4.32. The van der Waals surface area contributed by atoms with Crippen LogP contribution in [0.1, 0.15) is 17.3 Å². The molecule has 2 rings (SSSR count). The molecule has 0 radical (unpaired) electrons. The van der Waals surface area contributed by atoms with E-state index in [2.05, 4.69) is 10.6 Å². The third kappa shape index (κ3) is 2.74. The first-order valence-corrected chi connectivity index (χ1v) is 5.76. The minimum atomic E-state index is -1.24. The van der Waals surface area contributed by atoms with E-state index in [4.69, 9.17) is 5.11 Å². The van der Waals surface area contributed by atoms with Crippen molar-refractivity contribution in [3.05, 3.63) is 34.9 Å². The van der Waals surface area contributed by atoms with Crippen LogP contribution in [0.2, 0.25) is 0 Å². The molecule has 0 atom stereocenters. The van der Waals surface area contributed by atoms with Gasteiger partial charge in [0.05, 0.1) is 0 Å². The number of carbonyl (C=O) groups excluding carboxylic acids is 1. The number of carboxylic acid groups (broad SMARTS) is 1. The minimum absolute atomic E-state index is 0.242. The van der Waals surface area contributed by atoms with E-state index in [1.807, 2.05) is 0 Å². The molecule has 100 valence electrons. The largest absolute Gasteiger partial charge is 0.507 e. The lowest BCUT2D eigenvalue weighted by Crippen LogP contribution is -2.36. The molecule has 4 N–H and O–H groups in total. The molecule has 1 fully saturated rings. The van der Waals surface area contributed by atoms with Gasteiger partial charge in [0.2, 0.25) is 0 Å². The summed E-state index contributed by atoms with van der Waals surface area (Å²) in [4.78, 5) is 22.8. The smallest absolute Gasteiger partial charge is 0.339 e. The van der Waals surface area contributed by atoms with Crippen molar-refractivity contribution >= 4 is 17.6 Å². The Morgan fingerprint density at radius 1 is 1.32 bits per heavy atom. The highest BCUT2D eigenvalue weighted by Crippen LogP contribution is 2.22. The van der Waals surface area contributed by atoms with Crippen LogP contribution in [-0.4, -0.2) is 35.2 Å². The fourth-order valence-corrected chi connectivity index (χ4v) is 1.69. The maximum atomic E-state index is 11.9. The van der Waals surface area contributed by atoms with Crippen LogP contribution >= 0.6 is 0 Å². The van der Waals surface area contributed by atoms with Crippen LogP contribution in [0, 0.1) is 0 Å². The van der Waals surface area contributed by atoms with Crippen molar-refractivity contribution in [3.63, 3.8) is 0 Å². The Morgan fingerprint density at radius 3 is 2.53 bits per heavy atom. The molecule has 6 nitrogen and oxygen atoms in total. The Kier molecular flexibility index (Phi) is 3.52. The molecule has 0 aliphatic carbocycles. The monoisotopic (exact) mass is 262 g/mol. The molecule has 1 heterocycles. The predicted octanol–water partition coefficient (Wildman–Crippen LogP) is 0.949. The molecule has 1 saturated heterocycles. The number of carbonyl (C=O) groups is 2. The Hall–Kier alpha value is -2.34. The molecule has 0 spiro atoms. The summed E-state index contributed by atoms with van der Waals surface area (Å²) < 4.78 is 0. The zero-order valence-electron chi connectivity index (χ0n) is 10.4. The fraction of sp³-hybridized carbons (Fsp3) is 0.231. The van der Waals surface area contributed by atoms with Gasteiger partial charge >= 0.3 is 5.97 Å². The number of rotatable bonds is 3. The quantitative estimate of drug-likeness (QED) is 0.480. The van der Waals surface area contributed by atoms with Crippen LogP contribution in [0.4, 0.5) is 5.69 Å². The van der Waals surface area contributed by atoms with Crippen LogP contribution < -0.4 is 10.6 Å². The van der Waals surface area contributed by atoms with Gasteiger partial charge in [0.15, 0.2) is 0 Å². The van der Waals surface area contributed by atoms with Crippen molar-refractivity contribution in [1.29, 1.82) is 0 Å². The zero-order valence-corrected chi connectivity index (χ0v) is 10.4. The van der Waals surface area contributed by atoms with E-state index in [9.17, 15) is 14.7 Å². The molecule has 0 saturated carbocycles. The van der Waals surface area contributed by atoms with Gasteiger partial charge in [0.25, 0.3) is 5.91 Å². The molecule has 0 unspecified atom stereocenters. The average Bonchev–Trinajstić information content (AvgIpc) is 2.28. The molecule has 1 aromatic carbocycles. The number of benzene rings is 1. The van der Waals surface area contributed by atoms with Crippen molar-refractivity contribution in [2.45, 2.75) is 6.92 Å². The first kappa shape index (κ1) is 13.1. The van der Waals surface area contributed by atoms with Gasteiger partial charge in [-0.1, -0.05) is 0 Å². The molecule has 1 aliphatic heterocycles. The molecule has 1 amide bonds. The molecule has 1 aromatic rings. The lowest BCUT2D eigenvalue weighted by Gasteiger charge is -2.21. The van der Waals surface area contributed by atoms with Crippen molar-refractivity contribution in [1.82, 2.24) is 5.32 Å². The lowest BCUT2D eigenvalue weighted by molar-refractivity contribution is -0.112. The standard InChI is InChI=1S/C13H14N2O4/c1-7(8-5-14-6-8)12(17)15-9-2-3-11(16)10(4-9)13(18)19/h2-4,14,16H,5-6H2,1H3,(H,15,17)(H,18,19). The summed E-state index contributed by atoms with van der Waals surface area (Å²) in [5, 5.41) is 23.9. The second-order valence-corrected chi connectivity index (χ2v) is 4.32. The Morgan fingerprint density at radius 2 is 2.00 bits per heavy atom. The second kappa shape index (κ2) is 5.11. The molecular weight excluding hydrogens is 248 g/mol. The third-order valence-electron chi connectivity index (χ3n) is 3.03. The Bertz CT molecular complexity index is 572. The van der Waals surface area contributed by atoms with E-state index < -0.39 is 5.97 Å². The van der Waals surface area contributed by atoms with Crippen LogP contribution in [0.15, 0.2) is 29.3 Å². The maximum absolute atomic E-state index is 11.9. The van der Waals surface area contributed by atoms with Crippen molar-refractivity contribution in [3.8, 4) is 5.75 Å². The SMILES string of the molecule is CC(C(=O)Nc1ccc(O)c(C(=O)O)c1)=C1CNC1. The third-order valence-corrected chi connectivity index (χ3v) is 3.03. The highest BCUT2D eigenvalue weighted by Gasteiger charge is 2.17. The molecule has 0 bridgehead atoms. The summed E-state index contributed by atoms with van der Waals surface area (Å²) in [5.41, 5.74) is 1.76. The van der Waals surface area contributed by atoms with E-state index in [1.54, 1.807) is 6.92 Å². The van der Waals surface area contributed by atoms with Crippen LogP contribution in [0.3, 0.4) is 0 Å². The van der Waals surface area contributed by atoms with Crippen LogP contribution in [0.25, 0.3) is 0 Å². The van der Waals surface area contributed by atoms with Gasteiger partial charge in [0, 0.05) is 24.4 Å². The number of nitrogens with one attached hydrogen (secondary N) is 2. The van der Waals surface area contributed by atoms with Gasteiger partial charge in [-0.2, -0.15) is 0 Å². The van der Waals surface area contributed by atoms with E-state index in [0.29, 0.717) is 24.4 Å². The number of amides is 1. The summed E-state index contributed by atoms with van der Waals surface area (Å²) in [6.45, 7) is 3.13. The first-order valence-electron chi connectivity index (χ1n) is 5.76. The number of anilines is 1. The predicted molar refractivity (Wildman–Crippen MR) is 69.3 cm³/mol. The highest BCUT2D eigenvalue weighted by atomic mass is 16.4. The van der Waals surface area contributed by atoms with Crippen molar-refractivity contribution in [2.75, 3.05) is 18.4 Å². The molecular formula is C13H14N2O4. The Labute approximate surface area is 109 Å². The summed E-state index contributed by atoms with van der Waals surface area (Å²) in [6.07, 6.45) is 0. The van der Waals surface area contributed by atoms with Gasteiger partial charge < -0.3 is 20.8 Å². The van der Waals surface area contributed by atoms with Crippen LogP contribution in [0.5, 0.6) is 5.75 Å². The van der Waals surface area contributed by atoms with Crippen molar-refractivity contribution in [2.24, 2.45) is 0 Å². The van der Waals surface area contributed by atoms with Gasteiger partial charge in [0.1, 0.15) is 11.3 Å².